The predicted molar refractivity (Wildman–Crippen MR) is 88.0 cm³/mol. The summed E-state index contributed by atoms with van der Waals surface area (Å²) < 4.78 is 0. The van der Waals surface area contributed by atoms with Gasteiger partial charge in [-0.3, -0.25) is 10.1 Å². The Balaban J connectivity index is 2.24. The molecule has 3 heteroatoms. The molecule has 3 nitrogen and oxygen atoms in total. The van der Waals surface area contributed by atoms with E-state index in [1.54, 1.807) is 0 Å². The normalized spacial score (nSPS) is 38.1. The zero-order chi connectivity index (χ0) is 15.6. The Kier molecular flexibility index (Phi) is 5.34. The average molecular weight is 294 g/mol. The number of hydrogen-bond donors (Lipinski definition) is 1. The third kappa shape index (κ3) is 3.44. The van der Waals surface area contributed by atoms with Crippen LogP contribution in [-0.4, -0.2) is 28.6 Å². The summed E-state index contributed by atoms with van der Waals surface area (Å²) in [4.78, 5) is 15.3. The molecular formula is C18H34N2O. The maximum Gasteiger partial charge on any atom is 0.244 e. The zero-order valence-corrected chi connectivity index (χ0v) is 14.6. The van der Waals surface area contributed by atoms with Crippen LogP contribution >= 0.6 is 0 Å². The topological polar surface area (TPSA) is 32.3 Å². The van der Waals surface area contributed by atoms with Gasteiger partial charge in [-0.25, -0.2) is 0 Å². The summed E-state index contributed by atoms with van der Waals surface area (Å²) in [5.74, 6) is 1.58. The summed E-state index contributed by atoms with van der Waals surface area (Å²) >= 11 is 0. The van der Waals surface area contributed by atoms with Crippen LogP contribution in [0.15, 0.2) is 0 Å². The molecule has 4 atom stereocenters. The van der Waals surface area contributed by atoms with E-state index in [0.29, 0.717) is 23.8 Å². The highest BCUT2D eigenvalue weighted by Gasteiger charge is 2.49. The molecule has 0 aromatic rings. The summed E-state index contributed by atoms with van der Waals surface area (Å²) in [6.45, 7) is 11.1. The number of amides is 1. The van der Waals surface area contributed by atoms with Gasteiger partial charge in [0.15, 0.2) is 0 Å². The number of carbonyl (C=O) groups is 1. The first-order valence-corrected chi connectivity index (χ1v) is 8.99. The highest BCUT2D eigenvalue weighted by molar-refractivity contribution is 5.88. The first kappa shape index (κ1) is 16.8. The van der Waals surface area contributed by atoms with Crippen molar-refractivity contribution in [2.45, 2.75) is 97.3 Å². The molecule has 1 amide bonds. The fraction of sp³-hybridized carbons (Fsp3) is 0.944. The molecule has 4 unspecified atom stereocenters. The van der Waals surface area contributed by atoms with Gasteiger partial charge in [-0.05, 0) is 44.4 Å². The van der Waals surface area contributed by atoms with Crippen molar-refractivity contribution in [3.63, 3.8) is 0 Å². The minimum absolute atomic E-state index is 0.230. The van der Waals surface area contributed by atoms with E-state index >= 15 is 0 Å². The maximum absolute atomic E-state index is 13.1. The second kappa shape index (κ2) is 6.68. The van der Waals surface area contributed by atoms with Crippen LogP contribution < -0.4 is 5.32 Å². The smallest absolute Gasteiger partial charge is 0.244 e. The first-order chi connectivity index (χ1) is 9.89. The molecular weight excluding hydrogens is 260 g/mol. The van der Waals surface area contributed by atoms with Gasteiger partial charge in [-0.1, -0.05) is 47.0 Å². The molecule has 1 aliphatic heterocycles. The summed E-state index contributed by atoms with van der Waals surface area (Å²) in [6.07, 6.45) is 8.55. The summed E-state index contributed by atoms with van der Waals surface area (Å²) in [7, 11) is 0. The molecule has 1 heterocycles. The molecule has 1 saturated heterocycles. The molecule has 0 aromatic heterocycles. The van der Waals surface area contributed by atoms with Crippen LogP contribution in [-0.2, 0) is 4.79 Å². The second-order valence-electron chi connectivity index (χ2n) is 7.87. The molecule has 2 aliphatic rings. The Bertz CT molecular complexity index is 368. The molecule has 2 rings (SSSR count). The van der Waals surface area contributed by atoms with E-state index < -0.39 is 0 Å². The number of nitrogens with one attached hydrogen (secondary N) is 1. The number of nitrogens with zero attached hydrogens (tertiary/aromatic N) is 1. The van der Waals surface area contributed by atoms with Crippen molar-refractivity contribution in [1.82, 2.24) is 10.2 Å². The molecule has 0 bridgehead atoms. The lowest BCUT2D eigenvalue weighted by molar-refractivity contribution is -0.136. The van der Waals surface area contributed by atoms with Crippen LogP contribution in [0.3, 0.4) is 0 Å². The third-order valence-electron chi connectivity index (χ3n) is 5.60. The quantitative estimate of drug-likeness (QED) is 0.797. The van der Waals surface area contributed by atoms with Crippen LogP contribution in [0.5, 0.6) is 0 Å². The van der Waals surface area contributed by atoms with E-state index in [0.717, 1.165) is 12.8 Å². The van der Waals surface area contributed by atoms with Crippen molar-refractivity contribution in [3.8, 4) is 0 Å². The zero-order valence-electron chi connectivity index (χ0n) is 14.6. The summed E-state index contributed by atoms with van der Waals surface area (Å²) in [6, 6.07) is 0.435. The van der Waals surface area contributed by atoms with E-state index in [4.69, 9.17) is 0 Å². The molecule has 2 fully saturated rings. The number of rotatable bonds is 4. The molecule has 1 aliphatic carbocycles. The van der Waals surface area contributed by atoms with Gasteiger partial charge in [0.05, 0.1) is 11.7 Å². The van der Waals surface area contributed by atoms with Gasteiger partial charge >= 0.3 is 0 Å². The fourth-order valence-electron chi connectivity index (χ4n) is 4.07. The van der Waals surface area contributed by atoms with E-state index in [1.807, 2.05) is 0 Å². The van der Waals surface area contributed by atoms with Gasteiger partial charge in [0.2, 0.25) is 5.91 Å². The molecule has 0 spiro atoms. The molecule has 0 aromatic carbocycles. The minimum atomic E-state index is -0.356. The largest absolute Gasteiger partial charge is 0.322 e. The van der Waals surface area contributed by atoms with Crippen molar-refractivity contribution in [2.24, 2.45) is 11.8 Å². The lowest BCUT2D eigenvalue weighted by Crippen LogP contribution is -2.48. The Morgan fingerprint density at radius 1 is 1.29 bits per heavy atom. The highest BCUT2D eigenvalue weighted by atomic mass is 16.2. The molecule has 21 heavy (non-hydrogen) atoms. The van der Waals surface area contributed by atoms with Crippen molar-refractivity contribution < 1.29 is 4.79 Å². The number of hydrogen-bond acceptors (Lipinski definition) is 2. The Morgan fingerprint density at radius 2 is 1.95 bits per heavy atom. The third-order valence-corrected chi connectivity index (χ3v) is 5.60. The minimum Gasteiger partial charge on any atom is -0.322 e. The summed E-state index contributed by atoms with van der Waals surface area (Å²) in [5, 5.41) is 3.66. The number of carbonyl (C=O) groups excluding carboxylic acids is 1. The highest BCUT2D eigenvalue weighted by Crippen LogP contribution is 2.35. The standard InChI is InChI=1S/C18H34N2O/c1-6-18(5)17(21)20(16(19-18)12-13(2)3)15-11-9-7-8-10-14(15)4/h13-16,19H,6-12H2,1-5H3. The van der Waals surface area contributed by atoms with Crippen molar-refractivity contribution in [1.29, 1.82) is 0 Å². The van der Waals surface area contributed by atoms with Gasteiger partial charge in [0.1, 0.15) is 0 Å². The monoisotopic (exact) mass is 294 g/mol. The van der Waals surface area contributed by atoms with Crippen molar-refractivity contribution >= 4 is 5.91 Å². The van der Waals surface area contributed by atoms with Crippen LogP contribution in [0, 0.1) is 11.8 Å². The Morgan fingerprint density at radius 3 is 2.57 bits per heavy atom. The van der Waals surface area contributed by atoms with Crippen LogP contribution in [0.4, 0.5) is 0 Å². The van der Waals surface area contributed by atoms with Gasteiger partial charge in [-0.2, -0.15) is 0 Å². The SMILES string of the molecule is CCC1(C)NC(CC(C)C)N(C2CCCCCC2C)C1=O. The van der Waals surface area contributed by atoms with Crippen molar-refractivity contribution in [3.05, 3.63) is 0 Å². The van der Waals surface area contributed by atoms with E-state index in [2.05, 4.69) is 44.8 Å². The van der Waals surface area contributed by atoms with E-state index in [9.17, 15) is 4.79 Å². The van der Waals surface area contributed by atoms with Crippen LogP contribution in [0.2, 0.25) is 0 Å². The molecule has 1 saturated carbocycles. The Hall–Kier alpha value is -0.570. The predicted octanol–water partition coefficient (Wildman–Crippen LogP) is 3.93. The molecule has 122 valence electrons. The van der Waals surface area contributed by atoms with Gasteiger partial charge in [-0.15, -0.1) is 0 Å². The van der Waals surface area contributed by atoms with E-state index in [1.165, 1.54) is 32.1 Å². The maximum atomic E-state index is 13.1. The average Bonchev–Trinajstić information content (AvgIpc) is 2.56. The van der Waals surface area contributed by atoms with Crippen LogP contribution in [0.25, 0.3) is 0 Å². The van der Waals surface area contributed by atoms with Gasteiger partial charge < -0.3 is 4.90 Å². The van der Waals surface area contributed by atoms with E-state index in [-0.39, 0.29) is 11.7 Å². The lowest BCUT2D eigenvalue weighted by atomic mass is 9.93. The van der Waals surface area contributed by atoms with Gasteiger partial charge in [0.25, 0.3) is 0 Å². The lowest BCUT2D eigenvalue weighted by Gasteiger charge is -2.36. The molecule has 0 radical (unpaired) electrons. The molecule has 1 N–H and O–H groups in total. The Labute approximate surface area is 130 Å². The van der Waals surface area contributed by atoms with Gasteiger partial charge in [0, 0.05) is 6.04 Å². The fourth-order valence-corrected chi connectivity index (χ4v) is 4.07. The van der Waals surface area contributed by atoms with Crippen molar-refractivity contribution in [2.75, 3.05) is 0 Å². The first-order valence-electron chi connectivity index (χ1n) is 8.99. The summed E-state index contributed by atoms with van der Waals surface area (Å²) in [5.41, 5.74) is -0.356. The second-order valence-corrected chi connectivity index (χ2v) is 7.87. The van der Waals surface area contributed by atoms with Crippen LogP contribution in [0.1, 0.15) is 79.6 Å².